The normalized spacial score (nSPS) is 21.7. The van der Waals surface area contributed by atoms with Crippen LogP contribution in [0.4, 0.5) is 9.18 Å². The number of rotatable bonds is 7. The molecule has 2 fully saturated rings. The average molecular weight is 520 g/mol. The number of amides is 2. The maximum absolute atomic E-state index is 14.0. The van der Waals surface area contributed by atoms with E-state index >= 15 is 0 Å². The lowest BCUT2D eigenvalue weighted by Gasteiger charge is -2.28. The fraction of sp³-hybridized carbons (Fsp3) is 0.286. The van der Waals surface area contributed by atoms with Crippen LogP contribution >= 0.6 is 11.8 Å². The predicted octanol–water partition coefficient (Wildman–Crippen LogP) is 5.31. The van der Waals surface area contributed by atoms with E-state index in [0.29, 0.717) is 29.1 Å². The Kier molecular flexibility index (Phi) is 9.03. The summed E-state index contributed by atoms with van der Waals surface area (Å²) in [6.45, 7) is 6.11. The molecule has 0 bridgehead atoms. The Morgan fingerprint density at radius 2 is 1.92 bits per heavy atom. The Labute approximate surface area is 220 Å². The van der Waals surface area contributed by atoms with Crippen molar-refractivity contribution in [3.05, 3.63) is 82.7 Å². The molecule has 1 heterocycles. The van der Waals surface area contributed by atoms with Gasteiger partial charge in [-0.15, -0.1) is 0 Å². The zero-order chi connectivity index (χ0) is 26.2. The summed E-state index contributed by atoms with van der Waals surface area (Å²) >= 11 is 0.860. The molecule has 1 saturated heterocycles. The van der Waals surface area contributed by atoms with Gasteiger partial charge in [-0.05, 0) is 86.0 Å². The molecule has 0 aromatic heterocycles. The van der Waals surface area contributed by atoms with Gasteiger partial charge in [0.25, 0.3) is 11.1 Å². The van der Waals surface area contributed by atoms with E-state index in [4.69, 9.17) is 4.99 Å². The summed E-state index contributed by atoms with van der Waals surface area (Å²) in [5.41, 5.74) is 3.59. The second-order valence-electron chi connectivity index (χ2n) is 8.89. The zero-order valence-electron chi connectivity index (χ0n) is 20.7. The van der Waals surface area contributed by atoms with Crippen LogP contribution in [0.1, 0.15) is 38.2 Å². The summed E-state index contributed by atoms with van der Waals surface area (Å²) in [6.07, 6.45) is 7.09. The van der Waals surface area contributed by atoms with Crippen LogP contribution in [0.15, 0.2) is 81.3 Å². The number of halogens is 1. The molecule has 0 radical (unpaired) electrons. The monoisotopic (exact) mass is 519 g/mol. The molecule has 2 aromatic rings. The van der Waals surface area contributed by atoms with Gasteiger partial charge in [0.15, 0.2) is 0 Å². The summed E-state index contributed by atoms with van der Waals surface area (Å²) < 4.78 is 14.0. The van der Waals surface area contributed by atoms with Gasteiger partial charge >= 0.3 is 0 Å². The van der Waals surface area contributed by atoms with Crippen LogP contribution in [-0.4, -0.2) is 35.9 Å². The zero-order valence-corrected chi connectivity index (χ0v) is 21.5. The van der Waals surface area contributed by atoms with E-state index in [1.54, 1.807) is 18.2 Å². The quantitative estimate of drug-likeness (QED) is 0.262. The van der Waals surface area contributed by atoms with Crippen molar-refractivity contribution >= 4 is 35.6 Å². The maximum Gasteiger partial charge on any atom is 0.290 e. The average Bonchev–Trinajstić information content (AvgIpc) is 3.24. The van der Waals surface area contributed by atoms with Gasteiger partial charge in [0.1, 0.15) is 5.82 Å². The van der Waals surface area contributed by atoms with Crippen molar-refractivity contribution in [2.24, 2.45) is 9.98 Å². The molecule has 2 aromatic carbocycles. The molecule has 0 atom stereocenters. The minimum atomic E-state index is -0.413. The number of hydrogen-bond acceptors (Lipinski definition) is 5. The van der Waals surface area contributed by atoms with Gasteiger partial charge in [0.05, 0.1) is 10.9 Å². The number of benzene rings is 2. The first-order valence-corrected chi connectivity index (χ1v) is 13.1. The smallest absolute Gasteiger partial charge is 0.290 e. The highest BCUT2D eigenvalue weighted by molar-refractivity contribution is 8.18. The van der Waals surface area contributed by atoms with Crippen molar-refractivity contribution in [3.63, 3.8) is 0 Å². The Hall–Kier alpha value is -3.56. The molecule has 9 heteroatoms. The molecule has 2 aliphatic rings. The molecule has 4 rings (SSSR count). The summed E-state index contributed by atoms with van der Waals surface area (Å²) in [6, 6.07) is 15.3. The molecule has 1 saturated carbocycles. The lowest BCUT2D eigenvalue weighted by atomic mass is 9.91. The molecule has 0 unspecified atom stereocenters. The lowest BCUT2D eigenvalue weighted by Crippen LogP contribution is -2.34. The summed E-state index contributed by atoms with van der Waals surface area (Å²) in [5.74, 6) is -0.268. The highest BCUT2D eigenvalue weighted by Gasteiger charge is 2.25. The SMILES string of the molecule is C=NC(=NC1CCC(NCc2ccc(F)cc2-c2ccccc2)CC1)NC(=C\C)/C=C1\SC(=O)NC1=O. The van der Waals surface area contributed by atoms with Crippen LogP contribution in [0, 0.1) is 5.82 Å². The fourth-order valence-electron chi connectivity index (χ4n) is 4.42. The van der Waals surface area contributed by atoms with E-state index in [9.17, 15) is 14.0 Å². The lowest BCUT2D eigenvalue weighted by molar-refractivity contribution is -0.115. The van der Waals surface area contributed by atoms with Gasteiger partial charge in [-0.2, -0.15) is 0 Å². The van der Waals surface area contributed by atoms with E-state index in [1.807, 2.05) is 43.3 Å². The van der Waals surface area contributed by atoms with E-state index in [1.165, 1.54) is 6.07 Å². The number of carbonyl (C=O) groups is 2. The number of hydrogen-bond donors (Lipinski definition) is 3. The van der Waals surface area contributed by atoms with Crippen molar-refractivity contribution in [1.29, 1.82) is 0 Å². The molecule has 0 spiro atoms. The van der Waals surface area contributed by atoms with Crippen LogP contribution in [-0.2, 0) is 11.3 Å². The van der Waals surface area contributed by atoms with Gasteiger partial charge in [-0.25, -0.2) is 14.4 Å². The molecule has 192 valence electrons. The predicted molar refractivity (Wildman–Crippen MR) is 148 cm³/mol. The number of imide groups is 1. The molecule has 7 nitrogen and oxygen atoms in total. The summed E-state index contributed by atoms with van der Waals surface area (Å²) in [5, 5.41) is 8.60. The molecule has 3 N–H and O–H groups in total. The second kappa shape index (κ2) is 12.6. The van der Waals surface area contributed by atoms with Gasteiger partial charge in [0.2, 0.25) is 5.96 Å². The van der Waals surface area contributed by atoms with Gasteiger partial charge in [0, 0.05) is 18.3 Å². The Morgan fingerprint density at radius 1 is 1.16 bits per heavy atom. The molecule has 1 aliphatic carbocycles. The molecular weight excluding hydrogens is 489 g/mol. The topological polar surface area (TPSA) is 94.9 Å². The Balaban J connectivity index is 1.32. The number of thioether (sulfide) groups is 1. The van der Waals surface area contributed by atoms with Crippen LogP contribution in [0.25, 0.3) is 11.1 Å². The summed E-state index contributed by atoms with van der Waals surface area (Å²) in [4.78, 5) is 32.3. The molecular formula is C28H30FN5O2S. The molecule has 1 aliphatic heterocycles. The standard InChI is InChI=1S/C28H30FN5O2S/c1-3-21(16-25-26(35)34-28(36)37-25)32-27(30-2)33-23-13-11-22(12-14-23)31-17-19-9-10-20(29)15-24(19)18-7-5-4-6-8-18/h3-10,15-16,22-23,31H,2,11-14,17H2,1H3,(H,32,33)(H,34,35,36)/b21-3-,25-16-. The van der Waals surface area contributed by atoms with Crippen LogP contribution in [0.2, 0.25) is 0 Å². The number of carbonyl (C=O) groups excluding carboxylic acids is 2. The number of guanidine groups is 1. The van der Waals surface area contributed by atoms with Gasteiger partial charge < -0.3 is 10.6 Å². The third-order valence-corrected chi connectivity index (χ3v) is 7.20. The minimum absolute atomic E-state index is 0.105. The van der Waals surface area contributed by atoms with Crippen molar-refractivity contribution < 1.29 is 14.0 Å². The van der Waals surface area contributed by atoms with Gasteiger partial charge in [-0.3, -0.25) is 14.9 Å². The highest BCUT2D eigenvalue weighted by atomic mass is 32.2. The third kappa shape index (κ3) is 7.24. The van der Waals surface area contributed by atoms with E-state index in [0.717, 1.165) is 54.1 Å². The van der Waals surface area contributed by atoms with Crippen molar-refractivity contribution in [3.8, 4) is 11.1 Å². The number of nitrogens with one attached hydrogen (secondary N) is 3. The number of nitrogens with zero attached hydrogens (tertiary/aromatic N) is 2. The van der Waals surface area contributed by atoms with Crippen LogP contribution in [0.3, 0.4) is 0 Å². The number of aliphatic imine (C=N–C) groups is 2. The fourth-order valence-corrected chi connectivity index (χ4v) is 5.09. The van der Waals surface area contributed by atoms with Crippen molar-refractivity contribution in [2.45, 2.75) is 51.2 Å². The van der Waals surface area contributed by atoms with E-state index in [2.05, 4.69) is 27.7 Å². The first-order chi connectivity index (χ1) is 17.9. The van der Waals surface area contributed by atoms with Crippen molar-refractivity contribution in [1.82, 2.24) is 16.0 Å². The Bertz CT molecular complexity index is 1250. The van der Waals surface area contributed by atoms with Crippen LogP contribution in [0.5, 0.6) is 0 Å². The minimum Gasteiger partial charge on any atom is -0.325 e. The first kappa shape index (κ1) is 26.5. The van der Waals surface area contributed by atoms with Gasteiger partial charge in [-0.1, -0.05) is 42.5 Å². The highest BCUT2D eigenvalue weighted by Crippen LogP contribution is 2.27. The summed E-state index contributed by atoms with van der Waals surface area (Å²) in [7, 11) is 0. The van der Waals surface area contributed by atoms with E-state index in [-0.39, 0.29) is 17.1 Å². The first-order valence-electron chi connectivity index (χ1n) is 12.2. The van der Waals surface area contributed by atoms with E-state index < -0.39 is 5.91 Å². The Morgan fingerprint density at radius 3 is 2.57 bits per heavy atom. The largest absolute Gasteiger partial charge is 0.325 e. The second-order valence-corrected chi connectivity index (χ2v) is 9.90. The molecule has 2 amide bonds. The number of allylic oxidation sites excluding steroid dienone is 2. The maximum atomic E-state index is 14.0. The van der Waals surface area contributed by atoms with Crippen LogP contribution < -0.4 is 16.0 Å². The van der Waals surface area contributed by atoms with Crippen molar-refractivity contribution in [2.75, 3.05) is 0 Å². The molecule has 37 heavy (non-hydrogen) atoms. The third-order valence-electron chi connectivity index (χ3n) is 6.39.